The molecule has 0 unspecified atom stereocenters. The van der Waals surface area contributed by atoms with Crippen LogP contribution in [0.3, 0.4) is 0 Å². The number of methoxy groups -OCH3 is 1. The maximum Gasteiger partial charge on any atom is 0.435 e. The predicted molar refractivity (Wildman–Crippen MR) is 110 cm³/mol. The lowest BCUT2D eigenvalue weighted by Gasteiger charge is -2.39. The Morgan fingerprint density at radius 3 is 2.33 bits per heavy atom. The first-order valence-electron chi connectivity index (χ1n) is 9.86. The van der Waals surface area contributed by atoms with Crippen LogP contribution in [-0.4, -0.2) is 80.9 Å². The van der Waals surface area contributed by atoms with Gasteiger partial charge in [-0.05, 0) is 24.0 Å². The van der Waals surface area contributed by atoms with E-state index in [1.165, 1.54) is 18.9 Å². The third-order valence-electron chi connectivity index (χ3n) is 5.14. The van der Waals surface area contributed by atoms with Crippen molar-refractivity contribution in [2.75, 3.05) is 20.0 Å². The SMILES string of the molecule is COCn1nc(C(F)(F)F)c(Cc2ccc(SC)cc2)c1O[C@@H]1O[C@H](CO)[C@@H](O)[C@H](O)[C@H]1O. The number of alkyl halides is 3. The molecular formula is C20H25F3N2O7S. The molecule has 4 N–H and O–H groups in total. The quantitative estimate of drug-likeness (QED) is 0.398. The Bertz CT molecular complexity index is 924. The van der Waals surface area contributed by atoms with Crippen molar-refractivity contribution in [3.8, 4) is 5.88 Å². The molecule has 1 aliphatic heterocycles. The summed E-state index contributed by atoms with van der Waals surface area (Å²) in [5, 5.41) is 43.2. The van der Waals surface area contributed by atoms with Crippen LogP contribution in [0, 0.1) is 0 Å². The molecule has 0 bridgehead atoms. The first kappa shape index (κ1) is 25.7. The second-order valence-electron chi connectivity index (χ2n) is 7.39. The van der Waals surface area contributed by atoms with Gasteiger partial charge in [-0.2, -0.15) is 18.3 Å². The molecule has 1 aliphatic rings. The van der Waals surface area contributed by atoms with Crippen molar-refractivity contribution in [3.63, 3.8) is 0 Å². The summed E-state index contributed by atoms with van der Waals surface area (Å²) >= 11 is 1.48. The summed E-state index contributed by atoms with van der Waals surface area (Å²) in [7, 11) is 1.26. The van der Waals surface area contributed by atoms with Gasteiger partial charge in [0.25, 0.3) is 0 Å². The van der Waals surface area contributed by atoms with Gasteiger partial charge in [-0.25, -0.2) is 4.68 Å². The average molecular weight is 494 g/mol. The Hall–Kier alpha value is -1.87. The van der Waals surface area contributed by atoms with Crippen molar-refractivity contribution in [1.29, 1.82) is 0 Å². The van der Waals surface area contributed by atoms with E-state index < -0.39 is 55.9 Å². The smallest absolute Gasteiger partial charge is 0.435 e. The van der Waals surface area contributed by atoms with E-state index in [1.54, 1.807) is 24.3 Å². The van der Waals surface area contributed by atoms with E-state index in [1.807, 2.05) is 6.26 Å². The van der Waals surface area contributed by atoms with E-state index in [0.29, 0.717) is 5.56 Å². The van der Waals surface area contributed by atoms with Crippen molar-refractivity contribution >= 4 is 11.8 Å². The minimum Gasteiger partial charge on any atom is -0.445 e. The van der Waals surface area contributed by atoms with E-state index >= 15 is 0 Å². The molecule has 1 aromatic heterocycles. The zero-order valence-electron chi connectivity index (χ0n) is 17.8. The van der Waals surface area contributed by atoms with E-state index in [9.17, 15) is 33.6 Å². The number of thioether (sulfide) groups is 1. The summed E-state index contributed by atoms with van der Waals surface area (Å²) in [6.45, 7) is -1.12. The summed E-state index contributed by atoms with van der Waals surface area (Å²) in [6, 6.07) is 6.89. The van der Waals surface area contributed by atoms with Crippen molar-refractivity contribution in [3.05, 3.63) is 41.1 Å². The van der Waals surface area contributed by atoms with Gasteiger partial charge in [-0.1, -0.05) is 12.1 Å². The molecule has 1 saturated heterocycles. The molecule has 1 fully saturated rings. The lowest BCUT2D eigenvalue weighted by Crippen LogP contribution is -2.60. The van der Waals surface area contributed by atoms with Crippen LogP contribution in [0.4, 0.5) is 13.2 Å². The highest BCUT2D eigenvalue weighted by Crippen LogP contribution is 2.38. The summed E-state index contributed by atoms with van der Waals surface area (Å²) in [5.41, 5.74) is -0.976. The molecule has 0 saturated carbocycles. The van der Waals surface area contributed by atoms with Crippen LogP contribution in [0.1, 0.15) is 16.8 Å². The van der Waals surface area contributed by atoms with Crippen molar-refractivity contribution in [1.82, 2.24) is 9.78 Å². The Balaban J connectivity index is 2.03. The highest BCUT2D eigenvalue weighted by molar-refractivity contribution is 7.98. The van der Waals surface area contributed by atoms with Gasteiger partial charge < -0.3 is 34.6 Å². The largest absolute Gasteiger partial charge is 0.445 e. The number of ether oxygens (including phenoxy) is 3. The monoisotopic (exact) mass is 494 g/mol. The number of benzene rings is 1. The highest BCUT2D eigenvalue weighted by atomic mass is 32.2. The first-order valence-corrected chi connectivity index (χ1v) is 11.1. The third kappa shape index (κ3) is 5.62. The van der Waals surface area contributed by atoms with Gasteiger partial charge in [0.1, 0.15) is 31.1 Å². The summed E-state index contributed by atoms with van der Waals surface area (Å²) in [5.74, 6) is -0.387. The summed E-state index contributed by atoms with van der Waals surface area (Å²) in [4.78, 5) is 0.933. The molecule has 5 atom stereocenters. The Kier molecular flexibility index (Phi) is 8.26. The van der Waals surface area contributed by atoms with Crippen LogP contribution in [-0.2, 0) is 28.8 Å². The molecule has 0 aliphatic carbocycles. The molecule has 0 radical (unpaired) electrons. The molecule has 2 heterocycles. The number of hydrogen-bond acceptors (Lipinski definition) is 9. The lowest BCUT2D eigenvalue weighted by molar-refractivity contribution is -0.279. The minimum absolute atomic E-state index is 0.208. The first-order chi connectivity index (χ1) is 15.6. The molecule has 0 spiro atoms. The van der Waals surface area contributed by atoms with Gasteiger partial charge in [-0.3, -0.25) is 0 Å². The molecule has 184 valence electrons. The van der Waals surface area contributed by atoms with Gasteiger partial charge in [0.05, 0.1) is 12.2 Å². The summed E-state index contributed by atoms with van der Waals surface area (Å²) < 4.78 is 58.1. The Morgan fingerprint density at radius 2 is 1.79 bits per heavy atom. The number of rotatable bonds is 8. The number of nitrogens with zero attached hydrogens (tertiary/aromatic N) is 2. The average Bonchev–Trinajstić information content (AvgIpc) is 3.12. The maximum atomic E-state index is 13.8. The lowest BCUT2D eigenvalue weighted by atomic mass is 9.99. The maximum absolute atomic E-state index is 13.8. The molecule has 0 amide bonds. The van der Waals surface area contributed by atoms with Crippen molar-refractivity contribution < 1.29 is 47.8 Å². The summed E-state index contributed by atoms with van der Waals surface area (Å²) in [6.07, 6.45) is -11.3. The number of halogens is 3. The van der Waals surface area contributed by atoms with Crippen molar-refractivity contribution in [2.24, 2.45) is 0 Å². The van der Waals surface area contributed by atoms with Crippen LogP contribution in [0.25, 0.3) is 0 Å². The molecule has 2 aromatic rings. The van der Waals surface area contributed by atoms with Gasteiger partial charge >= 0.3 is 6.18 Å². The van der Waals surface area contributed by atoms with E-state index in [2.05, 4.69) is 5.10 Å². The van der Waals surface area contributed by atoms with E-state index in [0.717, 1.165) is 9.58 Å². The number of aliphatic hydroxyl groups excluding tert-OH is 4. The standard InChI is InChI=1S/C20H25F3N2O7S/c1-30-9-25-18(32-19-16(29)15(28)14(27)13(8-26)31-19)12(17(24-25)20(21,22)23)7-10-3-5-11(33-2)6-4-10/h3-6,13-16,19,26-29H,7-9H2,1-2H3/t13-,14-,15+,16-,19+/m1/s1. The zero-order chi connectivity index (χ0) is 24.3. The van der Waals surface area contributed by atoms with Crippen LogP contribution >= 0.6 is 11.8 Å². The molecule has 9 nitrogen and oxygen atoms in total. The van der Waals surface area contributed by atoms with Crippen LogP contribution in [0.5, 0.6) is 5.88 Å². The molecule has 13 heteroatoms. The normalized spacial score (nSPS) is 25.9. The number of aromatic nitrogens is 2. The van der Waals surface area contributed by atoms with Crippen LogP contribution in [0.2, 0.25) is 0 Å². The fourth-order valence-electron chi connectivity index (χ4n) is 3.43. The number of aliphatic hydroxyl groups is 4. The van der Waals surface area contributed by atoms with Gasteiger partial charge in [0.2, 0.25) is 12.2 Å². The Labute approximate surface area is 191 Å². The fraction of sp³-hybridized carbons (Fsp3) is 0.550. The van der Waals surface area contributed by atoms with Crippen LogP contribution < -0.4 is 4.74 Å². The van der Waals surface area contributed by atoms with Gasteiger partial charge in [0, 0.05) is 18.4 Å². The van der Waals surface area contributed by atoms with E-state index in [4.69, 9.17) is 14.2 Å². The fourth-order valence-corrected chi connectivity index (χ4v) is 3.84. The third-order valence-corrected chi connectivity index (χ3v) is 5.88. The van der Waals surface area contributed by atoms with Crippen LogP contribution in [0.15, 0.2) is 29.2 Å². The second-order valence-corrected chi connectivity index (χ2v) is 8.27. The minimum atomic E-state index is -4.82. The molecule has 3 rings (SSSR count). The molecular weight excluding hydrogens is 469 g/mol. The highest BCUT2D eigenvalue weighted by Gasteiger charge is 2.46. The molecule has 33 heavy (non-hydrogen) atoms. The van der Waals surface area contributed by atoms with Crippen molar-refractivity contribution in [2.45, 2.75) is 54.9 Å². The van der Waals surface area contributed by atoms with E-state index in [-0.39, 0.29) is 17.9 Å². The Morgan fingerprint density at radius 1 is 1.12 bits per heavy atom. The zero-order valence-corrected chi connectivity index (χ0v) is 18.6. The predicted octanol–water partition coefficient (Wildman–Crippen LogP) is 0.997. The number of hydrogen-bond donors (Lipinski definition) is 4. The second kappa shape index (κ2) is 10.6. The molecule has 1 aromatic carbocycles. The van der Waals surface area contributed by atoms with Gasteiger partial charge in [-0.15, -0.1) is 11.8 Å². The van der Waals surface area contributed by atoms with Gasteiger partial charge in [0.15, 0.2) is 5.69 Å². The topological polar surface area (TPSA) is 126 Å².